The lowest BCUT2D eigenvalue weighted by Crippen LogP contribution is -2.41. The van der Waals surface area contributed by atoms with Crippen molar-refractivity contribution in [3.05, 3.63) is 40.8 Å². The van der Waals surface area contributed by atoms with Crippen molar-refractivity contribution in [2.24, 2.45) is 34.5 Å². The van der Waals surface area contributed by atoms with Gasteiger partial charge in [0.15, 0.2) is 0 Å². The molecule has 1 aromatic rings. The first-order valence-corrected chi connectivity index (χ1v) is 14.0. The summed E-state index contributed by atoms with van der Waals surface area (Å²) in [6.07, 6.45) is 8.01. The maximum Gasteiger partial charge on any atom is 0.238 e. The molecule has 0 radical (unpaired) electrons. The Kier molecular flexibility index (Phi) is 4.86. The highest BCUT2D eigenvalue weighted by Crippen LogP contribution is 2.67. The van der Waals surface area contributed by atoms with Gasteiger partial charge in [-0.15, -0.1) is 0 Å². The molecule has 4 nitrogen and oxygen atoms in total. The molecule has 1 aliphatic heterocycles. The van der Waals surface area contributed by atoms with Crippen molar-refractivity contribution in [1.29, 1.82) is 0 Å². The molecular formula is C28H35NO3S. The fourth-order valence-electron chi connectivity index (χ4n) is 8.20. The van der Waals surface area contributed by atoms with Gasteiger partial charge in [0, 0.05) is 10.2 Å². The molecule has 1 aromatic carbocycles. The van der Waals surface area contributed by atoms with Gasteiger partial charge in [0.2, 0.25) is 11.8 Å². The summed E-state index contributed by atoms with van der Waals surface area (Å²) in [5, 5.41) is 0.172. The van der Waals surface area contributed by atoms with Crippen LogP contribution in [0.4, 0.5) is 5.69 Å². The van der Waals surface area contributed by atoms with E-state index in [1.54, 1.807) is 0 Å². The molecule has 2 amide bonds. The lowest BCUT2D eigenvalue weighted by Gasteiger charge is -2.42. The van der Waals surface area contributed by atoms with Crippen LogP contribution in [0.2, 0.25) is 0 Å². The molecule has 4 fully saturated rings. The topological polar surface area (TPSA) is 54.5 Å². The summed E-state index contributed by atoms with van der Waals surface area (Å²) in [5.41, 5.74) is 2.25. The van der Waals surface area contributed by atoms with Crippen molar-refractivity contribution >= 4 is 28.3 Å². The SMILES string of the molecule is CC1(C)[C@H]2CC[C@]1(C)[C@@H](S(=O)C1=C3CCCC[C@@H]3[C@H]3C(=O)N(c4ccccc4)C(=O)[C@H]3C1)C2. The van der Waals surface area contributed by atoms with Crippen LogP contribution in [0.3, 0.4) is 0 Å². The number of carbonyl (C=O) groups is 2. The monoisotopic (exact) mass is 465 g/mol. The molecule has 5 heteroatoms. The molecule has 1 heterocycles. The summed E-state index contributed by atoms with van der Waals surface area (Å²) < 4.78 is 14.3. The van der Waals surface area contributed by atoms with Crippen molar-refractivity contribution in [3.8, 4) is 0 Å². The fraction of sp³-hybridized carbons (Fsp3) is 0.643. The number of fused-ring (bicyclic) bond motifs is 5. The highest BCUT2D eigenvalue weighted by molar-refractivity contribution is 7.89. The lowest BCUT2D eigenvalue weighted by atomic mass is 9.67. The Hall–Kier alpha value is -1.75. The van der Waals surface area contributed by atoms with E-state index in [9.17, 15) is 13.8 Å². The van der Waals surface area contributed by atoms with Crippen molar-refractivity contribution in [1.82, 2.24) is 0 Å². The van der Waals surface area contributed by atoms with Crippen molar-refractivity contribution in [2.45, 2.75) is 77.4 Å². The Labute approximate surface area is 199 Å². The molecule has 1 saturated heterocycles. The van der Waals surface area contributed by atoms with E-state index in [2.05, 4.69) is 20.8 Å². The second-order valence-corrected chi connectivity index (χ2v) is 13.5. The second-order valence-electron chi connectivity index (χ2n) is 11.9. The van der Waals surface area contributed by atoms with Crippen LogP contribution in [0.15, 0.2) is 40.8 Å². The highest BCUT2D eigenvalue weighted by Gasteiger charge is 2.64. The summed E-state index contributed by atoms with van der Waals surface area (Å²) in [5.74, 6) is -0.0400. The van der Waals surface area contributed by atoms with Gasteiger partial charge in [0.25, 0.3) is 0 Å². The second kappa shape index (κ2) is 7.37. The average Bonchev–Trinajstić information content (AvgIpc) is 3.29. The first-order valence-electron chi connectivity index (χ1n) is 12.8. The van der Waals surface area contributed by atoms with E-state index < -0.39 is 10.8 Å². The predicted octanol–water partition coefficient (Wildman–Crippen LogP) is 5.60. The lowest BCUT2D eigenvalue weighted by molar-refractivity contribution is -0.122. The molecule has 3 saturated carbocycles. The predicted molar refractivity (Wildman–Crippen MR) is 131 cm³/mol. The summed E-state index contributed by atoms with van der Waals surface area (Å²) in [7, 11) is -1.08. The Morgan fingerprint density at radius 1 is 0.970 bits per heavy atom. The van der Waals surface area contributed by atoms with Crippen molar-refractivity contribution in [3.63, 3.8) is 0 Å². The number of nitrogens with zero attached hydrogens (tertiary/aromatic N) is 1. The third kappa shape index (κ3) is 2.84. The largest absolute Gasteiger partial charge is 0.274 e. The van der Waals surface area contributed by atoms with Gasteiger partial charge in [-0.2, -0.15) is 0 Å². The van der Waals surface area contributed by atoms with Gasteiger partial charge in [-0.1, -0.05) is 51.0 Å². The van der Waals surface area contributed by atoms with E-state index in [1.165, 1.54) is 16.9 Å². The van der Waals surface area contributed by atoms with Crippen LogP contribution in [0.1, 0.15) is 72.1 Å². The number of imide groups is 1. The van der Waals surface area contributed by atoms with Gasteiger partial charge < -0.3 is 0 Å². The summed E-state index contributed by atoms with van der Waals surface area (Å²) >= 11 is 0. The summed E-state index contributed by atoms with van der Waals surface area (Å²) in [6.45, 7) is 7.10. The molecule has 5 aliphatic rings. The minimum Gasteiger partial charge on any atom is -0.274 e. The quantitative estimate of drug-likeness (QED) is 0.546. The van der Waals surface area contributed by atoms with Gasteiger partial charge in [-0.05, 0) is 79.7 Å². The molecule has 6 rings (SSSR count). The maximum atomic E-state index is 14.3. The highest BCUT2D eigenvalue weighted by atomic mass is 32.2. The van der Waals surface area contributed by atoms with Crippen LogP contribution in [-0.2, 0) is 20.4 Å². The number of amides is 2. The van der Waals surface area contributed by atoms with E-state index in [1.807, 2.05) is 30.3 Å². The number of carbonyl (C=O) groups excluding carboxylic acids is 2. The molecule has 33 heavy (non-hydrogen) atoms. The number of allylic oxidation sites excluding steroid dienone is 2. The van der Waals surface area contributed by atoms with Gasteiger partial charge in [0.05, 0.1) is 28.3 Å². The van der Waals surface area contributed by atoms with Gasteiger partial charge >= 0.3 is 0 Å². The molecule has 4 aliphatic carbocycles. The number of hydrogen-bond donors (Lipinski definition) is 0. The van der Waals surface area contributed by atoms with Crippen LogP contribution < -0.4 is 4.90 Å². The Morgan fingerprint density at radius 2 is 1.73 bits per heavy atom. The minimum absolute atomic E-state index is 0.0431. The van der Waals surface area contributed by atoms with E-state index in [4.69, 9.17) is 0 Å². The Morgan fingerprint density at radius 3 is 2.39 bits per heavy atom. The third-order valence-electron chi connectivity index (χ3n) is 10.6. The number of benzene rings is 1. The molecule has 2 bridgehead atoms. The molecule has 0 spiro atoms. The van der Waals surface area contributed by atoms with Crippen LogP contribution in [-0.4, -0.2) is 21.3 Å². The van der Waals surface area contributed by atoms with E-state index in [-0.39, 0.29) is 45.6 Å². The van der Waals surface area contributed by atoms with Crippen LogP contribution in [0.5, 0.6) is 0 Å². The van der Waals surface area contributed by atoms with Gasteiger partial charge in [0.1, 0.15) is 0 Å². The van der Waals surface area contributed by atoms with E-state index in [0.29, 0.717) is 18.0 Å². The van der Waals surface area contributed by atoms with Crippen molar-refractivity contribution in [2.75, 3.05) is 4.90 Å². The Bertz CT molecular complexity index is 1080. The zero-order valence-electron chi connectivity index (χ0n) is 20.0. The molecule has 7 atom stereocenters. The molecular weight excluding hydrogens is 430 g/mol. The summed E-state index contributed by atoms with van der Waals surface area (Å²) in [6, 6.07) is 9.35. The van der Waals surface area contributed by atoms with E-state index in [0.717, 1.165) is 43.4 Å². The smallest absolute Gasteiger partial charge is 0.238 e. The average molecular weight is 466 g/mol. The Balaban J connectivity index is 1.38. The molecule has 176 valence electrons. The first-order chi connectivity index (χ1) is 15.8. The van der Waals surface area contributed by atoms with Crippen LogP contribution >= 0.6 is 0 Å². The number of rotatable bonds is 3. The molecule has 0 aromatic heterocycles. The van der Waals surface area contributed by atoms with Crippen LogP contribution in [0, 0.1) is 34.5 Å². The zero-order chi connectivity index (χ0) is 23.1. The molecule has 0 N–H and O–H groups in total. The van der Waals surface area contributed by atoms with Gasteiger partial charge in [-0.25, -0.2) is 0 Å². The minimum atomic E-state index is -1.08. The number of hydrogen-bond acceptors (Lipinski definition) is 3. The normalized spacial score (nSPS) is 40.2. The van der Waals surface area contributed by atoms with Crippen molar-refractivity contribution < 1.29 is 13.8 Å². The maximum absolute atomic E-state index is 14.3. The standard InChI is InChI=1S/C28H35NO3S/c1-27(2)17-13-14-28(27,3)23(15-17)33(32)22-16-21-24(20-12-8-7-11-19(20)22)26(31)29(25(21)30)18-9-5-4-6-10-18/h4-6,9-10,17,20-21,23-24H,7-8,11-16H2,1-3H3/t17-,20-,21-,23-,24+,28+,33?/m0/s1. The van der Waals surface area contributed by atoms with Gasteiger partial charge in [-0.3, -0.25) is 18.7 Å². The zero-order valence-corrected chi connectivity index (χ0v) is 20.8. The number of para-hydroxylation sites is 1. The van der Waals surface area contributed by atoms with E-state index >= 15 is 0 Å². The fourth-order valence-corrected chi connectivity index (χ4v) is 10.7. The number of anilines is 1. The third-order valence-corrected chi connectivity index (χ3v) is 12.7. The molecule has 1 unspecified atom stereocenters. The van der Waals surface area contributed by atoms with Crippen LogP contribution in [0.25, 0.3) is 0 Å². The summed E-state index contributed by atoms with van der Waals surface area (Å²) in [4.78, 5) is 29.7. The first kappa shape index (κ1) is 21.8.